The zero-order valence-electron chi connectivity index (χ0n) is 14.4. The summed E-state index contributed by atoms with van der Waals surface area (Å²) in [6, 6.07) is 5.86. The van der Waals surface area contributed by atoms with Crippen LogP contribution in [0.2, 0.25) is 0 Å². The molecule has 14 heteroatoms. The van der Waals surface area contributed by atoms with Gasteiger partial charge in [-0.15, -0.1) is 20.4 Å². The van der Waals surface area contributed by atoms with Gasteiger partial charge in [0.1, 0.15) is 5.01 Å². The van der Waals surface area contributed by atoms with E-state index in [4.69, 9.17) is 5.73 Å². The number of hydrogen-bond donors (Lipinski definition) is 3. The van der Waals surface area contributed by atoms with Gasteiger partial charge in [0.2, 0.25) is 16.2 Å². The van der Waals surface area contributed by atoms with Crippen LogP contribution in [0, 0.1) is 6.92 Å². The number of aryl methyl sites for hydroxylation is 1. The zero-order valence-corrected chi connectivity index (χ0v) is 17.7. The van der Waals surface area contributed by atoms with Crippen LogP contribution in [0.1, 0.15) is 11.4 Å². The standard InChI is InChI=1S/C14H15N7O3S4/c1-8-17-19-13(26-8)21-28(23,24)10-4-2-9(3-5-10)16-11(22)6-7-25-14-20-18-12(15)27-14/h2-5H,6-7H2,1H3,(H2,15,18)(H,16,22)(H,19,21). The summed E-state index contributed by atoms with van der Waals surface area (Å²) in [5.74, 6) is 0.334. The number of nitrogens with zero attached hydrogens (tertiary/aromatic N) is 4. The topological polar surface area (TPSA) is 153 Å². The lowest BCUT2D eigenvalue weighted by Gasteiger charge is -2.07. The molecule has 2 heterocycles. The highest BCUT2D eigenvalue weighted by Crippen LogP contribution is 2.24. The van der Waals surface area contributed by atoms with Crippen LogP contribution in [0.5, 0.6) is 0 Å². The molecule has 148 valence electrons. The summed E-state index contributed by atoms with van der Waals surface area (Å²) < 4.78 is 27.8. The molecule has 0 saturated carbocycles. The Hall–Kier alpha value is -2.29. The number of nitrogen functional groups attached to an aromatic ring is 1. The summed E-state index contributed by atoms with van der Waals surface area (Å²) in [4.78, 5) is 12.1. The molecule has 10 nitrogen and oxygen atoms in total. The fourth-order valence-electron chi connectivity index (χ4n) is 1.96. The minimum absolute atomic E-state index is 0.0581. The van der Waals surface area contributed by atoms with Gasteiger partial charge in [0, 0.05) is 17.9 Å². The minimum Gasteiger partial charge on any atom is -0.374 e. The number of hydrogen-bond acceptors (Lipinski definition) is 11. The van der Waals surface area contributed by atoms with Gasteiger partial charge in [-0.1, -0.05) is 34.4 Å². The molecular formula is C14H15N7O3S4. The number of carbonyl (C=O) groups is 1. The number of rotatable bonds is 8. The first-order valence-corrected chi connectivity index (χ1v) is 11.9. The average Bonchev–Trinajstić information content (AvgIpc) is 3.23. The summed E-state index contributed by atoms with van der Waals surface area (Å²) >= 11 is 3.80. The van der Waals surface area contributed by atoms with E-state index < -0.39 is 10.0 Å². The second-order valence-electron chi connectivity index (χ2n) is 5.31. The van der Waals surface area contributed by atoms with Gasteiger partial charge in [0.05, 0.1) is 4.90 Å². The van der Waals surface area contributed by atoms with Crippen LogP contribution < -0.4 is 15.8 Å². The van der Waals surface area contributed by atoms with Gasteiger partial charge in [-0.25, -0.2) is 8.42 Å². The molecule has 1 amide bonds. The van der Waals surface area contributed by atoms with Gasteiger partial charge in [-0.2, -0.15) is 0 Å². The monoisotopic (exact) mass is 457 g/mol. The molecule has 3 aromatic rings. The van der Waals surface area contributed by atoms with Crippen LogP contribution in [-0.4, -0.2) is 40.5 Å². The number of nitrogens with two attached hydrogens (primary N) is 1. The Morgan fingerprint density at radius 1 is 1.14 bits per heavy atom. The van der Waals surface area contributed by atoms with Crippen molar-refractivity contribution in [3.05, 3.63) is 29.3 Å². The first-order chi connectivity index (χ1) is 13.3. The van der Waals surface area contributed by atoms with Crippen molar-refractivity contribution in [3.63, 3.8) is 0 Å². The molecule has 0 aliphatic rings. The van der Waals surface area contributed by atoms with Crippen LogP contribution in [0.3, 0.4) is 0 Å². The summed E-state index contributed by atoms with van der Waals surface area (Å²) in [5, 5.41) is 19.0. The summed E-state index contributed by atoms with van der Waals surface area (Å²) in [6.45, 7) is 1.73. The maximum Gasteiger partial charge on any atom is 0.263 e. The van der Waals surface area contributed by atoms with E-state index in [1.165, 1.54) is 47.4 Å². The van der Waals surface area contributed by atoms with E-state index in [1.54, 1.807) is 6.92 Å². The van der Waals surface area contributed by atoms with Crippen molar-refractivity contribution in [2.45, 2.75) is 22.6 Å². The molecule has 0 aliphatic heterocycles. The third kappa shape index (κ3) is 5.60. The molecule has 4 N–H and O–H groups in total. The summed E-state index contributed by atoms with van der Waals surface area (Å²) in [5.41, 5.74) is 6.00. The maximum atomic E-state index is 12.3. The molecule has 0 bridgehead atoms. The Morgan fingerprint density at radius 3 is 2.50 bits per heavy atom. The van der Waals surface area contributed by atoms with E-state index in [1.807, 2.05) is 0 Å². The maximum absolute atomic E-state index is 12.3. The Kier molecular flexibility index (Phi) is 6.43. The van der Waals surface area contributed by atoms with Crippen LogP contribution in [0.15, 0.2) is 33.5 Å². The normalized spacial score (nSPS) is 11.3. The van der Waals surface area contributed by atoms with E-state index in [0.717, 1.165) is 11.3 Å². The number of nitrogens with one attached hydrogen (secondary N) is 2. The second-order valence-corrected chi connectivity index (χ2v) is 10.5. The molecule has 28 heavy (non-hydrogen) atoms. The van der Waals surface area contributed by atoms with Gasteiger partial charge in [-0.3, -0.25) is 9.52 Å². The SMILES string of the molecule is Cc1nnc(NS(=O)(=O)c2ccc(NC(=O)CCSc3nnc(N)s3)cc2)s1. The third-order valence-electron chi connectivity index (χ3n) is 3.17. The smallest absolute Gasteiger partial charge is 0.263 e. The third-order valence-corrected chi connectivity index (χ3v) is 7.30. The molecule has 0 radical (unpaired) electrons. The van der Waals surface area contributed by atoms with Crippen molar-refractivity contribution in [1.82, 2.24) is 20.4 Å². The first kappa shape index (κ1) is 20.4. The minimum atomic E-state index is -3.77. The van der Waals surface area contributed by atoms with Crippen molar-refractivity contribution in [2.24, 2.45) is 0 Å². The fraction of sp³-hybridized carbons (Fsp3) is 0.214. The molecule has 2 aromatic heterocycles. The lowest BCUT2D eigenvalue weighted by atomic mass is 10.3. The van der Waals surface area contributed by atoms with Crippen LogP contribution in [0.4, 0.5) is 16.0 Å². The predicted octanol–water partition coefficient (Wildman–Crippen LogP) is 2.20. The van der Waals surface area contributed by atoms with Gasteiger partial charge < -0.3 is 11.1 Å². The molecule has 0 unspecified atom stereocenters. The van der Waals surface area contributed by atoms with Gasteiger partial charge in [-0.05, 0) is 31.2 Å². The van der Waals surface area contributed by atoms with Gasteiger partial charge >= 0.3 is 0 Å². The lowest BCUT2D eigenvalue weighted by Crippen LogP contribution is -2.14. The van der Waals surface area contributed by atoms with Gasteiger partial charge in [0.25, 0.3) is 10.0 Å². The average molecular weight is 458 g/mol. The Balaban J connectivity index is 1.52. The van der Waals surface area contributed by atoms with Crippen molar-refractivity contribution in [2.75, 3.05) is 21.5 Å². The van der Waals surface area contributed by atoms with Crippen molar-refractivity contribution >= 4 is 66.3 Å². The highest BCUT2D eigenvalue weighted by molar-refractivity contribution is 8.01. The van der Waals surface area contributed by atoms with E-state index in [-0.39, 0.29) is 22.4 Å². The predicted molar refractivity (Wildman–Crippen MR) is 110 cm³/mol. The molecule has 3 rings (SSSR count). The van der Waals surface area contributed by atoms with E-state index in [9.17, 15) is 13.2 Å². The Bertz CT molecular complexity index is 1060. The quantitative estimate of drug-likeness (QED) is 0.432. The molecule has 1 aromatic carbocycles. The lowest BCUT2D eigenvalue weighted by molar-refractivity contribution is -0.115. The van der Waals surface area contributed by atoms with E-state index in [0.29, 0.717) is 25.9 Å². The van der Waals surface area contributed by atoms with Crippen molar-refractivity contribution in [1.29, 1.82) is 0 Å². The van der Waals surface area contributed by atoms with Crippen molar-refractivity contribution in [3.8, 4) is 0 Å². The Labute approximate surface area is 173 Å². The molecule has 0 spiro atoms. The van der Waals surface area contributed by atoms with Crippen LogP contribution in [-0.2, 0) is 14.8 Å². The zero-order chi connectivity index (χ0) is 20.1. The highest BCUT2D eigenvalue weighted by atomic mass is 32.2. The summed E-state index contributed by atoms with van der Waals surface area (Å²) in [6.07, 6.45) is 0.266. The Morgan fingerprint density at radius 2 is 1.89 bits per heavy atom. The molecule has 0 atom stereocenters. The molecule has 0 saturated heterocycles. The first-order valence-electron chi connectivity index (χ1n) is 7.76. The number of sulfonamides is 1. The number of aromatic nitrogens is 4. The van der Waals surface area contributed by atoms with Gasteiger partial charge in [0.15, 0.2) is 4.34 Å². The highest BCUT2D eigenvalue weighted by Gasteiger charge is 2.16. The fourth-order valence-corrected chi connectivity index (χ4v) is 5.43. The number of amides is 1. The second kappa shape index (κ2) is 8.81. The van der Waals surface area contributed by atoms with E-state index in [2.05, 4.69) is 30.4 Å². The van der Waals surface area contributed by atoms with Crippen LogP contribution in [0.25, 0.3) is 0 Å². The van der Waals surface area contributed by atoms with E-state index >= 15 is 0 Å². The number of benzene rings is 1. The molecule has 0 aliphatic carbocycles. The number of carbonyl (C=O) groups excluding carboxylic acids is 1. The number of anilines is 3. The molecular weight excluding hydrogens is 442 g/mol. The number of thioether (sulfide) groups is 1. The largest absolute Gasteiger partial charge is 0.374 e. The van der Waals surface area contributed by atoms with Crippen molar-refractivity contribution < 1.29 is 13.2 Å². The summed E-state index contributed by atoms with van der Waals surface area (Å²) in [7, 11) is -3.77. The molecule has 0 fully saturated rings. The van der Waals surface area contributed by atoms with Crippen LogP contribution >= 0.6 is 34.4 Å².